The van der Waals surface area contributed by atoms with Crippen molar-refractivity contribution in [2.75, 3.05) is 11.9 Å². The molecule has 0 radical (unpaired) electrons. The summed E-state index contributed by atoms with van der Waals surface area (Å²) in [6, 6.07) is 14.7. The molecule has 2 amide bonds. The third-order valence-corrected chi connectivity index (χ3v) is 4.37. The van der Waals surface area contributed by atoms with Gasteiger partial charge < -0.3 is 14.7 Å². The zero-order chi connectivity index (χ0) is 17.9. The smallest absolute Gasteiger partial charge is 0.322 e. The molecule has 1 aliphatic heterocycles. The van der Waals surface area contributed by atoms with E-state index in [4.69, 9.17) is 4.52 Å². The van der Waals surface area contributed by atoms with E-state index in [2.05, 4.69) is 15.5 Å². The molecule has 0 bridgehead atoms. The Bertz CT molecular complexity index is 895. The Morgan fingerprint density at radius 1 is 1.15 bits per heavy atom. The highest BCUT2D eigenvalue weighted by Crippen LogP contribution is 2.32. The fraction of sp³-hybridized carbons (Fsp3) is 0.211. The van der Waals surface area contributed by atoms with Gasteiger partial charge in [-0.2, -0.15) is 4.98 Å². The summed E-state index contributed by atoms with van der Waals surface area (Å²) < 4.78 is 18.4. The third kappa shape index (κ3) is 3.28. The van der Waals surface area contributed by atoms with Crippen LogP contribution in [0, 0.1) is 5.82 Å². The predicted molar refractivity (Wildman–Crippen MR) is 93.8 cm³/mol. The first-order chi connectivity index (χ1) is 12.7. The topological polar surface area (TPSA) is 71.3 Å². The minimum Gasteiger partial charge on any atom is -0.337 e. The van der Waals surface area contributed by atoms with Gasteiger partial charge in [0.15, 0.2) is 0 Å². The predicted octanol–water partition coefficient (Wildman–Crippen LogP) is 4.24. The van der Waals surface area contributed by atoms with Crippen molar-refractivity contribution < 1.29 is 13.7 Å². The molecule has 3 aromatic rings. The normalized spacial score (nSPS) is 16.7. The van der Waals surface area contributed by atoms with Crippen LogP contribution in [0.4, 0.5) is 14.9 Å². The van der Waals surface area contributed by atoms with Crippen molar-refractivity contribution in [1.29, 1.82) is 0 Å². The minimum absolute atomic E-state index is 0.264. The highest BCUT2D eigenvalue weighted by molar-refractivity contribution is 5.89. The van der Waals surface area contributed by atoms with E-state index in [9.17, 15) is 9.18 Å². The average Bonchev–Trinajstić information content (AvgIpc) is 3.33. The largest absolute Gasteiger partial charge is 0.337 e. The Morgan fingerprint density at radius 2 is 1.92 bits per heavy atom. The quantitative estimate of drug-likeness (QED) is 0.765. The first-order valence-electron chi connectivity index (χ1n) is 8.43. The van der Waals surface area contributed by atoms with Crippen LogP contribution in [0.1, 0.15) is 24.8 Å². The monoisotopic (exact) mass is 352 g/mol. The Hall–Kier alpha value is -3.22. The lowest BCUT2D eigenvalue weighted by Crippen LogP contribution is -2.34. The van der Waals surface area contributed by atoms with Crippen molar-refractivity contribution >= 4 is 11.7 Å². The van der Waals surface area contributed by atoms with Crippen LogP contribution in [-0.2, 0) is 0 Å². The third-order valence-electron chi connectivity index (χ3n) is 4.37. The molecule has 4 rings (SSSR count). The number of likely N-dealkylation sites (tertiary alicyclic amines) is 1. The van der Waals surface area contributed by atoms with Gasteiger partial charge in [-0.25, -0.2) is 9.18 Å². The Kier molecular flexibility index (Phi) is 4.35. The van der Waals surface area contributed by atoms with Gasteiger partial charge in [0.05, 0.1) is 0 Å². The van der Waals surface area contributed by atoms with Crippen LogP contribution < -0.4 is 5.32 Å². The Balaban J connectivity index is 1.50. The standard InChI is InChI=1S/C19H17FN4O2/c20-14-8-10-15(11-9-14)21-19(25)24-12-4-7-16(24)18-22-17(23-26-18)13-5-2-1-3-6-13/h1-3,5-6,8-11,16H,4,7,12H2,(H,21,25). The number of aromatic nitrogens is 2. The van der Waals surface area contributed by atoms with E-state index in [1.807, 2.05) is 30.3 Å². The maximum atomic E-state index is 13.0. The SMILES string of the molecule is O=C(Nc1ccc(F)cc1)N1CCCC1c1nc(-c2ccccc2)no1. The molecular formula is C19H17FN4O2. The van der Waals surface area contributed by atoms with E-state index in [1.54, 1.807) is 4.90 Å². The van der Waals surface area contributed by atoms with Crippen molar-refractivity contribution in [3.8, 4) is 11.4 Å². The maximum absolute atomic E-state index is 13.0. The van der Waals surface area contributed by atoms with E-state index >= 15 is 0 Å². The molecule has 2 aromatic carbocycles. The zero-order valence-electron chi connectivity index (χ0n) is 13.9. The van der Waals surface area contributed by atoms with Crippen molar-refractivity contribution in [3.63, 3.8) is 0 Å². The number of amides is 2. The highest BCUT2D eigenvalue weighted by atomic mass is 19.1. The summed E-state index contributed by atoms with van der Waals surface area (Å²) in [5.74, 6) is 0.586. The van der Waals surface area contributed by atoms with E-state index in [0.717, 1.165) is 18.4 Å². The molecule has 26 heavy (non-hydrogen) atoms. The second-order valence-corrected chi connectivity index (χ2v) is 6.11. The van der Waals surface area contributed by atoms with E-state index in [0.29, 0.717) is 23.9 Å². The molecule has 0 saturated carbocycles. The number of nitrogens with zero attached hydrogens (tertiary/aromatic N) is 3. The molecule has 132 valence electrons. The van der Waals surface area contributed by atoms with Gasteiger partial charge in [0, 0.05) is 17.8 Å². The van der Waals surface area contributed by atoms with Gasteiger partial charge in [-0.05, 0) is 37.1 Å². The van der Waals surface area contributed by atoms with E-state index < -0.39 is 0 Å². The number of nitrogens with one attached hydrogen (secondary N) is 1. The highest BCUT2D eigenvalue weighted by Gasteiger charge is 2.34. The number of hydrogen-bond donors (Lipinski definition) is 1. The second kappa shape index (κ2) is 6.95. The molecule has 1 aliphatic rings. The van der Waals surface area contributed by atoms with E-state index in [1.165, 1.54) is 24.3 Å². The molecule has 6 nitrogen and oxygen atoms in total. The number of halogens is 1. The lowest BCUT2D eigenvalue weighted by atomic mass is 10.2. The van der Waals surface area contributed by atoms with Gasteiger partial charge in [-0.1, -0.05) is 35.5 Å². The summed E-state index contributed by atoms with van der Waals surface area (Å²) in [5, 5.41) is 6.81. The maximum Gasteiger partial charge on any atom is 0.322 e. The van der Waals surface area contributed by atoms with Gasteiger partial charge in [-0.15, -0.1) is 0 Å². The van der Waals surface area contributed by atoms with Crippen LogP contribution in [0.5, 0.6) is 0 Å². The van der Waals surface area contributed by atoms with Gasteiger partial charge in [0.25, 0.3) is 0 Å². The lowest BCUT2D eigenvalue weighted by molar-refractivity contribution is 0.193. The number of benzene rings is 2. The minimum atomic E-state index is -0.346. The first kappa shape index (κ1) is 16.3. The van der Waals surface area contributed by atoms with Gasteiger partial charge in [0.1, 0.15) is 11.9 Å². The number of rotatable bonds is 3. The summed E-state index contributed by atoms with van der Waals surface area (Å²) >= 11 is 0. The number of carbonyl (C=O) groups excluding carboxylic acids is 1. The van der Waals surface area contributed by atoms with Crippen molar-refractivity contribution in [1.82, 2.24) is 15.0 Å². The first-order valence-corrected chi connectivity index (χ1v) is 8.43. The summed E-state index contributed by atoms with van der Waals surface area (Å²) in [7, 11) is 0. The number of hydrogen-bond acceptors (Lipinski definition) is 4. The van der Waals surface area contributed by atoms with Crippen LogP contribution in [0.3, 0.4) is 0 Å². The molecule has 1 N–H and O–H groups in total. The molecule has 0 spiro atoms. The fourth-order valence-corrected chi connectivity index (χ4v) is 3.07. The fourth-order valence-electron chi connectivity index (χ4n) is 3.07. The second-order valence-electron chi connectivity index (χ2n) is 6.11. The number of anilines is 1. The molecule has 0 aliphatic carbocycles. The molecule has 1 saturated heterocycles. The number of carbonyl (C=O) groups is 1. The lowest BCUT2D eigenvalue weighted by Gasteiger charge is -2.22. The molecule has 1 aromatic heterocycles. The van der Waals surface area contributed by atoms with Crippen LogP contribution >= 0.6 is 0 Å². The van der Waals surface area contributed by atoms with E-state index in [-0.39, 0.29) is 17.9 Å². The van der Waals surface area contributed by atoms with Gasteiger partial charge in [0.2, 0.25) is 11.7 Å². The molecule has 1 unspecified atom stereocenters. The zero-order valence-corrected chi connectivity index (χ0v) is 13.9. The summed E-state index contributed by atoms with van der Waals surface area (Å²) in [6.45, 7) is 0.598. The summed E-state index contributed by atoms with van der Waals surface area (Å²) in [6.07, 6.45) is 1.61. The van der Waals surface area contributed by atoms with Crippen molar-refractivity contribution in [2.45, 2.75) is 18.9 Å². The average molecular weight is 352 g/mol. The van der Waals surface area contributed by atoms with Crippen LogP contribution in [0.15, 0.2) is 59.1 Å². The molecule has 1 atom stereocenters. The molecule has 7 heteroatoms. The van der Waals surface area contributed by atoms with Crippen molar-refractivity contribution in [3.05, 3.63) is 66.3 Å². The Morgan fingerprint density at radius 3 is 2.69 bits per heavy atom. The molecule has 2 heterocycles. The van der Waals surface area contributed by atoms with Gasteiger partial charge >= 0.3 is 6.03 Å². The van der Waals surface area contributed by atoms with Crippen LogP contribution in [-0.4, -0.2) is 27.6 Å². The number of urea groups is 1. The van der Waals surface area contributed by atoms with Gasteiger partial charge in [-0.3, -0.25) is 0 Å². The molecular weight excluding hydrogens is 335 g/mol. The summed E-state index contributed by atoms with van der Waals surface area (Å²) in [5.41, 5.74) is 1.40. The summed E-state index contributed by atoms with van der Waals surface area (Å²) in [4.78, 5) is 18.7. The van der Waals surface area contributed by atoms with Crippen LogP contribution in [0.25, 0.3) is 11.4 Å². The van der Waals surface area contributed by atoms with Crippen molar-refractivity contribution in [2.24, 2.45) is 0 Å². The Labute approximate surface area is 149 Å². The molecule has 1 fully saturated rings. The van der Waals surface area contributed by atoms with Crippen LogP contribution in [0.2, 0.25) is 0 Å².